The van der Waals surface area contributed by atoms with E-state index in [0.29, 0.717) is 12.5 Å². The molecule has 0 fully saturated rings. The third-order valence-corrected chi connectivity index (χ3v) is 3.74. The van der Waals surface area contributed by atoms with Crippen molar-refractivity contribution >= 4 is 11.0 Å². The molecule has 2 rings (SSSR count). The van der Waals surface area contributed by atoms with Gasteiger partial charge in [-0.1, -0.05) is 19.9 Å². The van der Waals surface area contributed by atoms with Crippen LogP contribution in [0.2, 0.25) is 0 Å². The third kappa shape index (κ3) is 2.15. The molecule has 2 N–H and O–H groups in total. The smallest absolute Gasteiger partial charge is 0.112 e. The zero-order valence-electron chi connectivity index (χ0n) is 11.6. The molecule has 0 saturated carbocycles. The first-order chi connectivity index (χ1) is 8.74. The summed E-state index contributed by atoms with van der Waals surface area (Å²) in [6.07, 6.45) is 2.28. The molecule has 0 aliphatic rings. The van der Waals surface area contributed by atoms with Crippen molar-refractivity contribution in [2.75, 3.05) is 0 Å². The van der Waals surface area contributed by atoms with Gasteiger partial charge in [-0.25, -0.2) is 4.98 Å². The summed E-state index contributed by atoms with van der Waals surface area (Å²) in [6, 6.07) is 6.38. The maximum Gasteiger partial charge on any atom is 0.112 e. The summed E-state index contributed by atoms with van der Waals surface area (Å²) < 4.78 is 2.34. The predicted molar refractivity (Wildman–Crippen MR) is 76.6 cm³/mol. The number of fused-ring (bicyclic) bond motifs is 1. The first-order valence-corrected chi connectivity index (χ1v) is 6.94. The van der Waals surface area contributed by atoms with Gasteiger partial charge >= 0.3 is 0 Å². The minimum Gasteiger partial charge on any atom is -0.328 e. The van der Waals surface area contributed by atoms with Crippen molar-refractivity contribution in [2.24, 2.45) is 5.73 Å². The van der Waals surface area contributed by atoms with E-state index in [4.69, 9.17) is 10.7 Å². The van der Waals surface area contributed by atoms with Gasteiger partial charge < -0.3 is 10.3 Å². The SMILES string of the molecule is CCC(CC)c1nc2cc(CN)ccc2n1CC. The summed E-state index contributed by atoms with van der Waals surface area (Å²) in [6.45, 7) is 8.21. The number of aromatic nitrogens is 2. The third-order valence-electron chi connectivity index (χ3n) is 3.74. The Bertz CT molecular complexity index is 524. The van der Waals surface area contributed by atoms with Gasteiger partial charge in [0.05, 0.1) is 11.0 Å². The highest BCUT2D eigenvalue weighted by Crippen LogP contribution is 2.27. The lowest BCUT2D eigenvalue weighted by molar-refractivity contribution is 0.564. The van der Waals surface area contributed by atoms with Crippen molar-refractivity contribution in [3.8, 4) is 0 Å². The van der Waals surface area contributed by atoms with Crippen LogP contribution in [0, 0.1) is 0 Å². The van der Waals surface area contributed by atoms with Gasteiger partial charge in [0, 0.05) is 19.0 Å². The van der Waals surface area contributed by atoms with E-state index in [1.807, 2.05) is 0 Å². The number of hydrogen-bond acceptors (Lipinski definition) is 2. The van der Waals surface area contributed by atoms with Crippen molar-refractivity contribution in [3.05, 3.63) is 29.6 Å². The maximum atomic E-state index is 5.70. The summed E-state index contributed by atoms with van der Waals surface area (Å²) in [5.41, 5.74) is 9.17. The maximum absolute atomic E-state index is 5.70. The number of benzene rings is 1. The van der Waals surface area contributed by atoms with Crippen LogP contribution in [-0.4, -0.2) is 9.55 Å². The van der Waals surface area contributed by atoms with Crippen LogP contribution in [-0.2, 0) is 13.1 Å². The summed E-state index contributed by atoms with van der Waals surface area (Å²) >= 11 is 0. The molecule has 0 aliphatic carbocycles. The van der Waals surface area contributed by atoms with Gasteiger partial charge in [0.2, 0.25) is 0 Å². The van der Waals surface area contributed by atoms with E-state index >= 15 is 0 Å². The molecule has 0 amide bonds. The minimum atomic E-state index is 0.554. The Morgan fingerprint density at radius 2 is 1.94 bits per heavy atom. The van der Waals surface area contributed by atoms with Crippen LogP contribution in [0.15, 0.2) is 18.2 Å². The van der Waals surface area contributed by atoms with Crippen molar-refractivity contribution in [3.63, 3.8) is 0 Å². The van der Waals surface area contributed by atoms with Gasteiger partial charge in [0.15, 0.2) is 0 Å². The van der Waals surface area contributed by atoms with Gasteiger partial charge in [-0.15, -0.1) is 0 Å². The zero-order valence-corrected chi connectivity index (χ0v) is 11.6. The van der Waals surface area contributed by atoms with Crippen molar-refractivity contribution in [1.82, 2.24) is 9.55 Å². The van der Waals surface area contributed by atoms with Gasteiger partial charge in [-0.05, 0) is 37.5 Å². The summed E-state index contributed by atoms with van der Waals surface area (Å²) in [4.78, 5) is 4.84. The second kappa shape index (κ2) is 5.53. The first kappa shape index (κ1) is 13.1. The zero-order chi connectivity index (χ0) is 13.1. The van der Waals surface area contributed by atoms with Crippen molar-refractivity contribution in [1.29, 1.82) is 0 Å². The molecular formula is C15H23N3. The minimum absolute atomic E-state index is 0.554. The van der Waals surface area contributed by atoms with Gasteiger partial charge in [-0.2, -0.15) is 0 Å². The molecule has 1 aromatic heterocycles. The molecule has 0 atom stereocenters. The second-order valence-electron chi connectivity index (χ2n) is 4.75. The molecule has 18 heavy (non-hydrogen) atoms. The lowest BCUT2D eigenvalue weighted by Crippen LogP contribution is -2.07. The average Bonchev–Trinajstić information content (AvgIpc) is 2.77. The monoisotopic (exact) mass is 245 g/mol. The molecule has 0 aliphatic heterocycles. The molecular weight excluding hydrogens is 222 g/mol. The lowest BCUT2D eigenvalue weighted by Gasteiger charge is -2.13. The summed E-state index contributed by atoms with van der Waals surface area (Å²) in [7, 11) is 0. The number of aryl methyl sites for hydroxylation is 1. The Labute approximate surface area is 109 Å². The highest BCUT2D eigenvalue weighted by Gasteiger charge is 2.16. The molecule has 0 saturated heterocycles. The van der Waals surface area contributed by atoms with E-state index in [2.05, 4.69) is 43.5 Å². The topological polar surface area (TPSA) is 43.8 Å². The molecule has 2 aromatic rings. The molecule has 1 heterocycles. The highest BCUT2D eigenvalue weighted by molar-refractivity contribution is 5.77. The fourth-order valence-electron chi connectivity index (χ4n) is 2.62. The van der Waals surface area contributed by atoms with Crippen LogP contribution in [0.3, 0.4) is 0 Å². The number of rotatable bonds is 5. The Kier molecular flexibility index (Phi) is 4.02. The molecule has 0 bridgehead atoms. The largest absolute Gasteiger partial charge is 0.328 e. The molecule has 0 spiro atoms. The number of imidazole rings is 1. The summed E-state index contributed by atoms with van der Waals surface area (Å²) in [5.74, 6) is 1.78. The second-order valence-corrected chi connectivity index (χ2v) is 4.75. The molecule has 0 radical (unpaired) electrons. The lowest BCUT2D eigenvalue weighted by atomic mass is 10.0. The fourth-order valence-corrected chi connectivity index (χ4v) is 2.62. The van der Waals surface area contributed by atoms with Crippen LogP contribution in [0.5, 0.6) is 0 Å². The fraction of sp³-hybridized carbons (Fsp3) is 0.533. The normalized spacial score (nSPS) is 11.6. The standard InChI is InChI=1S/C15H23N3/c1-4-12(5-2)15-17-13-9-11(10-16)7-8-14(13)18(15)6-3/h7-9,12H,4-6,10,16H2,1-3H3. The van der Waals surface area contributed by atoms with Crippen LogP contribution >= 0.6 is 0 Å². The van der Waals surface area contributed by atoms with Crippen LogP contribution < -0.4 is 5.73 Å². The predicted octanol–water partition coefficient (Wildman–Crippen LogP) is 3.42. The van der Waals surface area contributed by atoms with Crippen molar-refractivity contribution in [2.45, 2.75) is 52.6 Å². The van der Waals surface area contributed by atoms with E-state index < -0.39 is 0 Å². The quantitative estimate of drug-likeness (QED) is 0.877. The van der Waals surface area contributed by atoms with Crippen LogP contribution in [0.25, 0.3) is 11.0 Å². The Hall–Kier alpha value is -1.35. The van der Waals surface area contributed by atoms with E-state index in [1.165, 1.54) is 11.3 Å². The summed E-state index contributed by atoms with van der Waals surface area (Å²) in [5, 5.41) is 0. The first-order valence-electron chi connectivity index (χ1n) is 6.94. The highest BCUT2D eigenvalue weighted by atomic mass is 15.1. The van der Waals surface area contributed by atoms with E-state index in [0.717, 1.165) is 30.5 Å². The molecule has 98 valence electrons. The average molecular weight is 245 g/mol. The number of nitrogens with two attached hydrogens (primary N) is 1. The van der Waals surface area contributed by atoms with Gasteiger partial charge in [-0.3, -0.25) is 0 Å². The van der Waals surface area contributed by atoms with E-state index in [1.54, 1.807) is 0 Å². The molecule has 3 heteroatoms. The number of nitrogens with zero attached hydrogens (tertiary/aromatic N) is 2. The Morgan fingerprint density at radius 3 is 2.50 bits per heavy atom. The van der Waals surface area contributed by atoms with Crippen LogP contribution in [0.1, 0.15) is 50.9 Å². The van der Waals surface area contributed by atoms with E-state index in [9.17, 15) is 0 Å². The molecule has 3 nitrogen and oxygen atoms in total. The number of hydrogen-bond donors (Lipinski definition) is 1. The van der Waals surface area contributed by atoms with E-state index in [-0.39, 0.29) is 0 Å². The van der Waals surface area contributed by atoms with Crippen molar-refractivity contribution < 1.29 is 0 Å². The van der Waals surface area contributed by atoms with Gasteiger partial charge in [0.25, 0.3) is 0 Å². The van der Waals surface area contributed by atoms with Crippen LogP contribution in [0.4, 0.5) is 0 Å². The Morgan fingerprint density at radius 1 is 1.22 bits per heavy atom. The molecule has 0 unspecified atom stereocenters. The Balaban J connectivity index is 2.59. The molecule has 1 aromatic carbocycles. The van der Waals surface area contributed by atoms with Gasteiger partial charge in [0.1, 0.15) is 5.82 Å².